The molecule has 0 radical (unpaired) electrons. The van der Waals surface area contributed by atoms with E-state index in [1.54, 1.807) is 7.11 Å². The van der Waals surface area contributed by atoms with Crippen LogP contribution in [0.5, 0.6) is 5.75 Å². The monoisotopic (exact) mass is 420 g/mol. The van der Waals surface area contributed by atoms with Crippen molar-refractivity contribution in [2.75, 3.05) is 7.11 Å². The van der Waals surface area contributed by atoms with Crippen molar-refractivity contribution in [3.63, 3.8) is 0 Å². The second-order valence-electron chi connectivity index (χ2n) is 8.08. The van der Waals surface area contributed by atoms with Crippen LogP contribution >= 0.6 is 12.4 Å². The van der Waals surface area contributed by atoms with Crippen molar-refractivity contribution >= 4 is 18.3 Å². The third-order valence-corrected chi connectivity index (χ3v) is 6.30. The summed E-state index contributed by atoms with van der Waals surface area (Å²) in [6.07, 6.45) is 5.28. The fourth-order valence-electron chi connectivity index (χ4n) is 4.75. The molecule has 8 heteroatoms. The zero-order chi connectivity index (χ0) is 19.7. The summed E-state index contributed by atoms with van der Waals surface area (Å²) in [5, 5.41) is 7.11. The molecule has 4 rings (SSSR count). The first-order chi connectivity index (χ1) is 13.6. The van der Waals surface area contributed by atoms with Crippen LogP contribution in [0.25, 0.3) is 11.4 Å². The van der Waals surface area contributed by atoms with E-state index >= 15 is 0 Å². The third-order valence-electron chi connectivity index (χ3n) is 6.30. The highest BCUT2D eigenvalue weighted by Gasteiger charge is 2.40. The van der Waals surface area contributed by atoms with Gasteiger partial charge in [-0.25, -0.2) is 0 Å². The molecule has 0 aliphatic heterocycles. The molecule has 2 aromatic rings. The van der Waals surface area contributed by atoms with Gasteiger partial charge < -0.3 is 20.3 Å². The number of aromatic nitrogens is 2. The molecule has 2 bridgehead atoms. The van der Waals surface area contributed by atoms with Crippen LogP contribution < -0.4 is 15.8 Å². The Bertz CT molecular complexity index is 829. The van der Waals surface area contributed by atoms with Crippen LogP contribution in [0.3, 0.4) is 0 Å². The lowest BCUT2D eigenvalue weighted by atomic mass is 9.65. The number of carbonyl (C=O) groups is 1. The highest BCUT2D eigenvalue weighted by atomic mass is 35.5. The predicted octanol–water partition coefficient (Wildman–Crippen LogP) is 3.50. The van der Waals surface area contributed by atoms with E-state index in [9.17, 15) is 4.79 Å². The number of nitrogens with two attached hydrogens (primary N) is 1. The summed E-state index contributed by atoms with van der Waals surface area (Å²) in [5.41, 5.74) is 7.10. The Morgan fingerprint density at radius 3 is 2.66 bits per heavy atom. The molecule has 3 unspecified atom stereocenters. The number of ether oxygens (including phenoxy) is 1. The van der Waals surface area contributed by atoms with E-state index in [0.717, 1.165) is 31.2 Å². The number of fused-ring (bicyclic) bond motifs is 2. The summed E-state index contributed by atoms with van der Waals surface area (Å²) in [7, 11) is 1.61. The number of nitrogens with zero attached hydrogens (tertiary/aromatic N) is 2. The summed E-state index contributed by atoms with van der Waals surface area (Å²) in [6.45, 7) is 1.87. The number of hydrogen-bond donors (Lipinski definition) is 2. The predicted molar refractivity (Wildman–Crippen MR) is 112 cm³/mol. The minimum Gasteiger partial charge on any atom is -0.496 e. The topological polar surface area (TPSA) is 103 Å². The van der Waals surface area contributed by atoms with Crippen molar-refractivity contribution in [1.29, 1.82) is 0 Å². The van der Waals surface area contributed by atoms with Gasteiger partial charge in [0.2, 0.25) is 17.6 Å². The van der Waals surface area contributed by atoms with Crippen molar-refractivity contribution in [1.82, 2.24) is 15.5 Å². The van der Waals surface area contributed by atoms with Crippen molar-refractivity contribution in [2.45, 2.75) is 51.1 Å². The Hall–Kier alpha value is -2.12. The second kappa shape index (κ2) is 9.13. The van der Waals surface area contributed by atoms with Gasteiger partial charge in [0.15, 0.2) is 0 Å². The average Bonchev–Trinajstić information content (AvgIpc) is 3.18. The molecule has 1 heterocycles. The second-order valence-corrected chi connectivity index (χ2v) is 8.08. The van der Waals surface area contributed by atoms with Crippen LogP contribution in [0, 0.1) is 17.8 Å². The number of benzene rings is 1. The largest absolute Gasteiger partial charge is 0.496 e. The van der Waals surface area contributed by atoms with Gasteiger partial charge in [-0.3, -0.25) is 4.79 Å². The minimum atomic E-state index is -0.348. The Labute approximate surface area is 177 Å². The molecule has 158 valence electrons. The molecular formula is C21H29ClN4O3. The first-order valence-electron chi connectivity index (χ1n) is 10.1. The van der Waals surface area contributed by atoms with E-state index < -0.39 is 0 Å². The van der Waals surface area contributed by atoms with Crippen molar-refractivity contribution < 1.29 is 14.1 Å². The van der Waals surface area contributed by atoms with E-state index in [1.165, 1.54) is 6.42 Å². The number of para-hydroxylation sites is 1. The third kappa shape index (κ3) is 4.41. The summed E-state index contributed by atoms with van der Waals surface area (Å²) in [5.74, 6) is 2.55. The number of amides is 1. The Morgan fingerprint density at radius 1 is 1.28 bits per heavy atom. The van der Waals surface area contributed by atoms with Gasteiger partial charge in [-0.1, -0.05) is 23.7 Å². The van der Waals surface area contributed by atoms with Crippen molar-refractivity contribution in [3.05, 3.63) is 30.2 Å². The summed E-state index contributed by atoms with van der Waals surface area (Å²) >= 11 is 0. The minimum absolute atomic E-state index is 0. The smallest absolute Gasteiger partial charge is 0.249 e. The van der Waals surface area contributed by atoms with Gasteiger partial charge in [0, 0.05) is 12.0 Å². The fourth-order valence-corrected chi connectivity index (χ4v) is 4.75. The lowest BCUT2D eigenvalue weighted by Gasteiger charge is -2.43. The average molecular weight is 421 g/mol. The van der Waals surface area contributed by atoms with Gasteiger partial charge in [0.25, 0.3) is 0 Å². The highest BCUT2D eigenvalue weighted by molar-refractivity contribution is 5.85. The quantitative estimate of drug-likeness (QED) is 0.767. The zero-order valence-corrected chi connectivity index (χ0v) is 17.7. The number of hydrogen-bond acceptors (Lipinski definition) is 6. The van der Waals surface area contributed by atoms with Gasteiger partial charge in [-0.2, -0.15) is 4.98 Å². The van der Waals surface area contributed by atoms with E-state index in [2.05, 4.69) is 15.5 Å². The normalized spacial score (nSPS) is 26.9. The van der Waals surface area contributed by atoms with E-state index in [-0.39, 0.29) is 36.3 Å². The molecule has 1 amide bonds. The van der Waals surface area contributed by atoms with Crippen molar-refractivity contribution in [3.8, 4) is 17.1 Å². The first-order valence-corrected chi connectivity index (χ1v) is 10.1. The molecule has 3 atom stereocenters. The number of halogens is 1. The Kier molecular flexibility index (Phi) is 6.80. The van der Waals surface area contributed by atoms with Crippen LogP contribution in [0.1, 0.15) is 51.0 Å². The first kappa shape index (κ1) is 21.6. The van der Waals surface area contributed by atoms with Crippen LogP contribution in [0.15, 0.2) is 28.8 Å². The molecule has 0 saturated heterocycles. The van der Waals surface area contributed by atoms with Crippen LogP contribution in [-0.4, -0.2) is 29.2 Å². The maximum Gasteiger partial charge on any atom is 0.249 e. The van der Waals surface area contributed by atoms with Gasteiger partial charge >= 0.3 is 0 Å². The molecule has 2 aliphatic carbocycles. The van der Waals surface area contributed by atoms with Gasteiger partial charge in [-0.05, 0) is 56.6 Å². The van der Waals surface area contributed by atoms with E-state index in [4.69, 9.17) is 15.0 Å². The van der Waals surface area contributed by atoms with Gasteiger partial charge in [0.05, 0.1) is 12.7 Å². The summed E-state index contributed by atoms with van der Waals surface area (Å²) in [4.78, 5) is 17.3. The molecule has 0 spiro atoms. The number of rotatable bonds is 5. The Balaban J connectivity index is 0.00000240. The number of nitrogens with one attached hydrogen (secondary N) is 1. The van der Waals surface area contributed by atoms with E-state index in [1.807, 2.05) is 31.2 Å². The van der Waals surface area contributed by atoms with Crippen LogP contribution in [-0.2, 0) is 4.79 Å². The highest BCUT2D eigenvalue weighted by Crippen LogP contribution is 2.42. The lowest BCUT2D eigenvalue weighted by molar-refractivity contribution is -0.128. The standard InChI is InChI=1S/C21H28N4O3.ClH/c1-12(21-24-19(25-28-21)16-8-3-4-9-17(16)27-2)23-20(26)15-10-13-6-5-7-14(11-15)18(13)22;/h3-4,8-9,12-15,18H,5-7,10-11,22H2,1-2H3,(H,23,26);1H. The fraction of sp³-hybridized carbons (Fsp3) is 0.571. The molecule has 2 fully saturated rings. The van der Waals surface area contributed by atoms with Crippen molar-refractivity contribution in [2.24, 2.45) is 23.5 Å². The lowest BCUT2D eigenvalue weighted by Crippen LogP contribution is -2.49. The molecule has 2 saturated carbocycles. The summed E-state index contributed by atoms with van der Waals surface area (Å²) in [6, 6.07) is 7.41. The summed E-state index contributed by atoms with van der Waals surface area (Å²) < 4.78 is 10.8. The molecule has 2 aliphatic rings. The molecule has 29 heavy (non-hydrogen) atoms. The Morgan fingerprint density at radius 2 is 1.97 bits per heavy atom. The number of methoxy groups -OCH3 is 1. The molecule has 1 aromatic heterocycles. The molecule has 7 nitrogen and oxygen atoms in total. The number of carbonyl (C=O) groups excluding carboxylic acids is 1. The van der Waals surface area contributed by atoms with Gasteiger partial charge in [0.1, 0.15) is 11.8 Å². The zero-order valence-electron chi connectivity index (χ0n) is 16.8. The maximum atomic E-state index is 12.8. The SMILES string of the molecule is COc1ccccc1-c1noc(C(C)NC(=O)C2CC3CCCC(C2)C3N)n1.Cl. The van der Waals surface area contributed by atoms with Gasteiger partial charge in [-0.15, -0.1) is 12.4 Å². The molecular weight excluding hydrogens is 392 g/mol. The maximum absolute atomic E-state index is 12.8. The van der Waals surface area contributed by atoms with Crippen LogP contribution in [0.2, 0.25) is 0 Å². The van der Waals surface area contributed by atoms with E-state index in [0.29, 0.717) is 29.3 Å². The molecule has 3 N–H and O–H groups in total. The molecule has 1 aromatic carbocycles. The van der Waals surface area contributed by atoms with Crippen LogP contribution in [0.4, 0.5) is 0 Å².